The molecule has 0 spiro atoms. The number of hydrogen-bond acceptors (Lipinski definition) is 5. The average Bonchev–Trinajstić information content (AvgIpc) is 2.92. The number of phenols is 1. The van der Waals surface area contributed by atoms with Crippen LogP contribution < -0.4 is 4.74 Å². The Hall–Kier alpha value is -3.28. The van der Waals surface area contributed by atoms with Gasteiger partial charge in [-0.2, -0.15) is 0 Å². The van der Waals surface area contributed by atoms with Gasteiger partial charge in [-0.15, -0.1) is 0 Å². The molecule has 6 nitrogen and oxygen atoms in total. The molecule has 0 fully saturated rings. The number of rotatable bonds is 5. The Morgan fingerprint density at radius 3 is 2.00 bits per heavy atom. The highest BCUT2D eigenvalue weighted by atomic mass is 16.5. The molecule has 1 aliphatic rings. The van der Waals surface area contributed by atoms with Gasteiger partial charge in [0.1, 0.15) is 17.1 Å². The van der Waals surface area contributed by atoms with Gasteiger partial charge in [-0.1, -0.05) is 45.0 Å². The molecule has 3 rings (SSSR count). The summed E-state index contributed by atoms with van der Waals surface area (Å²) < 4.78 is 5.86. The van der Waals surface area contributed by atoms with Crippen molar-refractivity contribution in [2.75, 3.05) is 0 Å². The fourth-order valence-electron chi connectivity index (χ4n) is 3.67. The van der Waals surface area contributed by atoms with E-state index in [-0.39, 0.29) is 29.3 Å². The van der Waals surface area contributed by atoms with E-state index in [1.165, 1.54) is 17.0 Å². The molecule has 0 radical (unpaired) electrons. The number of carbonyl (C=O) groups is 2. The summed E-state index contributed by atoms with van der Waals surface area (Å²) in [6.45, 7) is 11.4. The molecule has 0 aliphatic carbocycles. The van der Waals surface area contributed by atoms with Crippen LogP contribution in [-0.2, 0) is 16.1 Å². The molecule has 2 N–H and O–H groups in total. The number of benzene rings is 2. The molecule has 1 aliphatic heterocycles. The number of carbonyl (C=O) groups excluding carboxylic acids is 2. The van der Waals surface area contributed by atoms with Gasteiger partial charge in [-0.05, 0) is 56.2 Å². The Balaban J connectivity index is 1.98. The number of ketones is 1. The van der Waals surface area contributed by atoms with Crippen LogP contribution in [0.25, 0.3) is 0 Å². The van der Waals surface area contributed by atoms with Gasteiger partial charge in [0.05, 0.1) is 11.6 Å². The predicted molar refractivity (Wildman–Crippen MR) is 122 cm³/mol. The molecule has 2 aromatic rings. The Labute approximate surface area is 189 Å². The van der Waals surface area contributed by atoms with Crippen LogP contribution in [0.4, 0.5) is 0 Å². The Kier molecular flexibility index (Phi) is 6.09. The molecule has 1 atom stereocenters. The summed E-state index contributed by atoms with van der Waals surface area (Å²) in [6, 6.07) is 13.0. The van der Waals surface area contributed by atoms with Crippen molar-refractivity contribution in [2.24, 2.45) is 5.41 Å². The second-order valence-electron chi connectivity index (χ2n) is 10.1. The lowest BCUT2D eigenvalue weighted by Crippen LogP contribution is -2.32. The number of amides is 1. The van der Waals surface area contributed by atoms with E-state index in [0.717, 1.165) is 5.56 Å². The summed E-state index contributed by atoms with van der Waals surface area (Å²) in [5.74, 6) is -0.608. The highest BCUT2D eigenvalue weighted by Crippen LogP contribution is 2.42. The van der Waals surface area contributed by atoms with Crippen molar-refractivity contribution in [3.8, 4) is 11.5 Å². The molecule has 170 valence electrons. The second kappa shape index (κ2) is 8.34. The number of nitrogens with zero attached hydrogens (tertiary/aromatic N) is 1. The standard InChI is InChI=1S/C26H31NO5/c1-25(2,3)23(30)20-21(17-9-11-18(28)12-10-17)27(24(31)22(20)29)15-16-7-13-19(14-8-16)32-26(4,5)6/h7-14,21,28-29H,15H2,1-6H3. The third kappa shape index (κ3) is 4.96. The largest absolute Gasteiger partial charge is 0.508 e. The maximum Gasteiger partial charge on any atom is 0.290 e. The molecule has 1 unspecified atom stereocenters. The Morgan fingerprint density at radius 2 is 1.50 bits per heavy atom. The number of phenolic OH excluding ortho intramolecular Hbond substituents is 1. The first-order valence-electron chi connectivity index (χ1n) is 10.6. The molecule has 0 bridgehead atoms. The van der Waals surface area contributed by atoms with Gasteiger partial charge in [0, 0.05) is 12.0 Å². The first kappa shape index (κ1) is 23.4. The molecule has 32 heavy (non-hydrogen) atoms. The van der Waals surface area contributed by atoms with E-state index >= 15 is 0 Å². The van der Waals surface area contributed by atoms with Crippen molar-refractivity contribution in [3.05, 3.63) is 71.0 Å². The van der Waals surface area contributed by atoms with Crippen molar-refractivity contribution in [1.82, 2.24) is 4.90 Å². The van der Waals surface area contributed by atoms with E-state index in [9.17, 15) is 19.8 Å². The highest BCUT2D eigenvalue weighted by Gasteiger charge is 2.45. The first-order chi connectivity index (χ1) is 14.8. The SMILES string of the molecule is CC(C)(C)Oc1ccc(CN2C(=O)C(O)=C(C(=O)C(C)(C)C)C2c2ccc(O)cc2)cc1. The summed E-state index contributed by atoms with van der Waals surface area (Å²) in [4.78, 5) is 27.7. The zero-order valence-electron chi connectivity index (χ0n) is 19.5. The molecule has 1 amide bonds. The molecule has 1 heterocycles. The minimum Gasteiger partial charge on any atom is -0.508 e. The van der Waals surface area contributed by atoms with Crippen molar-refractivity contribution < 1.29 is 24.5 Å². The topological polar surface area (TPSA) is 87.1 Å². The van der Waals surface area contributed by atoms with E-state index in [1.54, 1.807) is 32.9 Å². The van der Waals surface area contributed by atoms with Crippen LogP contribution in [-0.4, -0.2) is 32.4 Å². The number of aromatic hydroxyl groups is 1. The van der Waals surface area contributed by atoms with Crippen LogP contribution in [0.5, 0.6) is 11.5 Å². The van der Waals surface area contributed by atoms with Gasteiger partial charge >= 0.3 is 0 Å². The van der Waals surface area contributed by atoms with Crippen LogP contribution >= 0.6 is 0 Å². The minimum absolute atomic E-state index is 0.0796. The van der Waals surface area contributed by atoms with E-state index in [1.807, 2.05) is 45.0 Å². The number of aliphatic hydroxyl groups excluding tert-OH is 1. The van der Waals surface area contributed by atoms with E-state index in [4.69, 9.17) is 4.74 Å². The minimum atomic E-state index is -0.777. The molecule has 0 saturated carbocycles. The van der Waals surface area contributed by atoms with E-state index < -0.39 is 23.1 Å². The Bertz CT molecular complexity index is 1040. The van der Waals surface area contributed by atoms with Crippen molar-refractivity contribution in [3.63, 3.8) is 0 Å². The predicted octanol–water partition coefficient (Wildman–Crippen LogP) is 5.08. The zero-order valence-corrected chi connectivity index (χ0v) is 19.5. The summed E-state index contributed by atoms with van der Waals surface area (Å²) in [7, 11) is 0. The molecule has 0 saturated heterocycles. The summed E-state index contributed by atoms with van der Waals surface area (Å²) >= 11 is 0. The van der Waals surface area contributed by atoms with Gasteiger partial charge in [0.15, 0.2) is 11.5 Å². The summed E-state index contributed by atoms with van der Waals surface area (Å²) in [6.07, 6.45) is 0. The fourth-order valence-corrected chi connectivity index (χ4v) is 3.67. The third-order valence-electron chi connectivity index (χ3n) is 5.14. The smallest absolute Gasteiger partial charge is 0.290 e. The van der Waals surface area contributed by atoms with Crippen LogP contribution in [0, 0.1) is 5.41 Å². The number of Topliss-reactive ketones (excluding diaryl/α,β-unsaturated/α-hetero) is 1. The molecular formula is C26H31NO5. The van der Waals surface area contributed by atoms with Crippen LogP contribution in [0.1, 0.15) is 58.7 Å². The van der Waals surface area contributed by atoms with Crippen molar-refractivity contribution in [2.45, 2.75) is 59.7 Å². The lowest BCUT2D eigenvalue weighted by atomic mass is 9.82. The quantitative estimate of drug-likeness (QED) is 0.681. The normalized spacial score (nSPS) is 17.1. The maximum atomic E-state index is 13.2. The highest BCUT2D eigenvalue weighted by molar-refractivity contribution is 6.10. The van der Waals surface area contributed by atoms with Gasteiger partial charge in [-0.3, -0.25) is 9.59 Å². The number of aliphatic hydroxyl groups is 1. The maximum absolute atomic E-state index is 13.2. The lowest BCUT2D eigenvalue weighted by molar-refractivity contribution is -0.130. The number of hydrogen-bond donors (Lipinski definition) is 2. The summed E-state index contributed by atoms with van der Waals surface area (Å²) in [5.41, 5.74) is 0.455. The molecule has 6 heteroatoms. The second-order valence-corrected chi connectivity index (χ2v) is 10.1. The lowest BCUT2D eigenvalue weighted by Gasteiger charge is -2.29. The van der Waals surface area contributed by atoms with Crippen molar-refractivity contribution >= 4 is 11.7 Å². The molecular weight excluding hydrogens is 406 g/mol. The monoisotopic (exact) mass is 437 g/mol. The van der Waals surface area contributed by atoms with Crippen LogP contribution in [0.3, 0.4) is 0 Å². The first-order valence-corrected chi connectivity index (χ1v) is 10.6. The summed E-state index contributed by atoms with van der Waals surface area (Å²) in [5, 5.41) is 20.4. The number of ether oxygens (including phenoxy) is 1. The fraction of sp³-hybridized carbons (Fsp3) is 0.385. The molecule has 2 aromatic carbocycles. The van der Waals surface area contributed by atoms with Crippen LogP contribution in [0.15, 0.2) is 59.9 Å². The Morgan fingerprint density at radius 1 is 0.938 bits per heavy atom. The van der Waals surface area contributed by atoms with Gasteiger partial charge < -0.3 is 19.8 Å². The van der Waals surface area contributed by atoms with Gasteiger partial charge in [0.25, 0.3) is 5.91 Å². The zero-order chi connectivity index (χ0) is 23.8. The molecule has 0 aromatic heterocycles. The van der Waals surface area contributed by atoms with Gasteiger partial charge in [-0.25, -0.2) is 0 Å². The van der Waals surface area contributed by atoms with Crippen molar-refractivity contribution in [1.29, 1.82) is 0 Å². The van der Waals surface area contributed by atoms with Gasteiger partial charge in [0.2, 0.25) is 0 Å². The van der Waals surface area contributed by atoms with E-state index in [0.29, 0.717) is 11.3 Å². The van der Waals surface area contributed by atoms with E-state index in [2.05, 4.69) is 0 Å². The average molecular weight is 438 g/mol. The third-order valence-corrected chi connectivity index (χ3v) is 5.14. The van der Waals surface area contributed by atoms with Crippen LogP contribution in [0.2, 0.25) is 0 Å².